The lowest BCUT2D eigenvalue weighted by Crippen LogP contribution is -2.19. The summed E-state index contributed by atoms with van der Waals surface area (Å²) in [4.78, 5) is 11.6. The van der Waals surface area contributed by atoms with Crippen LogP contribution in [0.2, 0.25) is 0 Å². The summed E-state index contributed by atoms with van der Waals surface area (Å²) in [6, 6.07) is 0. The highest BCUT2D eigenvalue weighted by Gasteiger charge is 2.17. The molecule has 3 nitrogen and oxygen atoms in total. The molecule has 0 aliphatic rings. The Morgan fingerprint density at radius 3 is 2.50 bits per heavy atom. The Morgan fingerprint density at radius 2 is 2.00 bits per heavy atom. The molecule has 0 aromatic rings. The summed E-state index contributed by atoms with van der Waals surface area (Å²) < 4.78 is 5.10. The number of unbranched alkanes of at least 4 members (excludes halogenated alkanes) is 3. The Morgan fingerprint density at radius 1 is 1.31 bits per heavy atom. The second-order valence-electron chi connectivity index (χ2n) is 3.86. The van der Waals surface area contributed by atoms with Crippen molar-refractivity contribution >= 4 is 5.97 Å². The molecule has 0 heterocycles. The van der Waals surface area contributed by atoms with E-state index >= 15 is 0 Å². The minimum absolute atomic E-state index is 0.373. The number of rotatable bonds is 8. The van der Waals surface area contributed by atoms with Gasteiger partial charge in [-0.25, -0.2) is 4.79 Å². The first-order valence-corrected chi connectivity index (χ1v) is 6.18. The van der Waals surface area contributed by atoms with Crippen LogP contribution in [-0.4, -0.2) is 23.8 Å². The van der Waals surface area contributed by atoms with Gasteiger partial charge in [0.05, 0.1) is 18.3 Å². The Labute approximate surface area is 98.5 Å². The summed E-state index contributed by atoms with van der Waals surface area (Å²) in [7, 11) is 0. The number of ether oxygens (including phenoxy) is 1. The number of aliphatic hydroxyl groups is 1. The Balaban J connectivity index is 3.86. The SMILES string of the molecule is CC=C(C(=O)OCCCCCC)C(O)CC. The monoisotopic (exact) mass is 228 g/mol. The molecule has 0 saturated heterocycles. The van der Waals surface area contributed by atoms with Crippen molar-refractivity contribution in [2.24, 2.45) is 0 Å². The molecule has 1 atom stereocenters. The van der Waals surface area contributed by atoms with Gasteiger partial charge in [-0.1, -0.05) is 39.2 Å². The van der Waals surface area contributed by atoms with E-state index in [1.165, 1.54) is 12.8 Å². The molecular formula is C13H24O3. The van der Waals surface area contributed by atoms with Gasteiger partial charge < -0.3 is 9.84 Å². The maximum absolute atomic E-state index is 11.6. The molecule has 0 aliphatic heterocycles. The van der Waals surface area contributed by atoms with Gasteiger partial charge in [-0.3, -0.25) is 0 Å². The largest absolute Gasteiger partial charge is 0.462 e. The summed E-state index contributed by atoms with van der Waals surface area (Å²) in [6.45, 7) is 6.17. The zero-order chi connectivity index (χ0) is 12.4. The third-order valence-corrected chi connectivity index (χ3v) is 2.52. The highest BCUT2D eigenvalue weighted by atomic mass is 16.5. The van der Waals surface area contributed by atoms with E-state index in [4.69, 9.17) is 4.74 Å². The van der Waals surface area contributed by atoms with E-state index in [-0.39, 0.29) is 5.97 Å². The topological polar surface area (TPSA) is 46.5 Å². The van der Waals surface area contributed by atoms with Crippen LogP contribution in [-0.2, 0) is 9.53 Å². The van der Waals surface area contributed by atoms with Crippen molar-refractivity contribution in [2.45, 2.75) is 59.0 Å². The Hall–Kier alpha value is -0.830. The molecule has 0 aromatic heterocycles. The Kier molecular flexibility index (Phi) is 8.91. The molecule has 3 heteroatoms. The van der Waals surface area contributed by atoms with Gasteiger partial charge in [-0.2, -0.15) is 0 Å². The van der Waals surface area contributed by atoms with Crippen LogP contribution in [0, 0.1) is 0 Å². The average molecular weight is 228 g/mol. The van der Waals surface area contributed by atoms with Crippen LogP contribution in [0.15, 0.2) is 11.6 Å². The van der Waals surface area contributed by atoms with Gasteiger partial charge in [0.1, 0.15) is 0 Å². The van der Waals surface area contributed by atoms with Gasteiger partial charge >= 0.3 is 5.97 Å². The van der Waals surface area contributed by atoms with Crippen molar-refractivity contribution in [3.8, 4) is 0 Å². The summed E-state index contributed by atoms with van der Waals surface area (Å²) >= 11 is 0. The van der Waals surface area contributed by atoms with Crippen LogP contribution in [0.1, 0.15) is 52.9 Å². The molecule has 94 valence electrons. The van der Waals surface area contributed by atoms with Crippen LogP contribution in [0.5, 0.6) is 0 Å². The first kappa shape index (κ1) is 15.2. The zero-order valence-corrected chi connectivity index (χ0v) is 10.7. The van der Waals surface area contributed by atoms with E-state index in [9.17, 15) is 9.90 Å². The lowest BCUT2D eigenvalue weighted by atomic mass is 10.1. The van der Waals surface area contributed by atoms with Crippen molar-refractivity contribution in [1.82, 2.24) is 0 Å². The van der Waals surface area contributed by atoms with Crippen LogP contribution in [0.4, 0.5) is 0 Å². The first-order chi connectivity index (χ1) is 7.67. The van der Waals surface area contributed by atoms with E-state index in [2.05, 4.69) is 6.92 Å². The van der Waals surface area contributed by atoms with Gasteiger partial charge in [-0.05, 0) is 19.8 Å². The fraction of sp³-hybridized carbons (Fsp3) is 0.769. The molecule has 0 aliphatic carbocycles. The van der Waals surface area contributed by atoms with Gasteiger partial charge in [0.2, 0.25) is 0 Å². The maximum atomic E-state index is 11.6. The van der Waals surface area contributed by atoms with E-state index in [0.717, 1.165) is 12.8 Å². The molecule has 16 heavy (non-hydrogen) atoms. The standard InChI is InChI=1S/C13H24O3/c1-4-7-8-9-10-16-13(15)11(5-2)12(14)6-3/h5,12,14H,4,6-10H2,1-3H3. The number of carbonyl (C=O) groups is 1. The highest BCUT2D eigenvalue weighted by Crippen LogP contribution is 2.09. The van der Waals surface area contributed by atoms with E-state index in [0.29, 0.717) is 18.6 Å². The minimum atomic E-state index is -0.701. The second-order valence-corrected chi connectivity index (χ2v) is 3.86. The maximum Gasteiger partial charge on any atom is 0.336 e. The number of esters is 1. The van der Waals surface area contributed by atoms with Crippen LogP contribution in [0.3, 0.4) is 0 Å². The molecular weight excluding hydrogens is 204 g/mol. The predicted molar refractivity (Wildman–Crippen MR) is 65.2 cm³/mol. The average Bonchev–Trinajstić information content (AvgIpc) is 2.29. The van der Waals surface area contributed by atoms with Gasteiger partial charge in [-0.15, -0.1) is 0 Å². The molecule has 0 fully saturated rings. The molecule has 0 rings (SSSR count). The lowest BCUT2D eigenvalue weighted by molar-refractivity contribution is -0.140. The fourth-order valence-electron chi connectivity index (χ4n) is 1.44. The quantitative estimate of drug-likeness (QED) is 0.395. The third-order valence-electron chi connectivity index (χ3n) is 2.52. The van der Waals surface area contributed by atoms with Crippen LogP contribution >= 0.6 is 0 Å². The number of hydrogen-bond acceptors (Lipinski definition) is 3. The summed E-state index contributed by atoms with van der Waals surface area (Å²) in [5, 5.41) is 9.56. The van der Waals surface area contributed by atoms with Crippen molar-refractivity contribution in [1.29, 1.82) is 0 Å². The van der Waals surface area contributed by atoms with Crippen molar-refractivity contribution < 1.29 is 14.6 Å². The van der Waals surface area contributed by atoms with E-state index in [1.807, 2.05) is 6.92 Å². The smallest absolute Gasteiger partial charge is 0.336 e. The van der Waals surface area contributed by atoms with Crippen molar-refractivity contribution in [3.63, 3.8) is 0 Å². The number of allylic oxidation sites excluding steroid dienone is 1. The second kappa shape index (κ2) is 9.40. The lowest BCUT2D eigenvalue weighted by Gasteiger charge is -2.12. The van der Waals surface area contributed by atoms with Crippen molar-refractivity contribution in [2.75, 3.05) is 6.61 Å². The van der Waals surface area contributed by atoms with Gasteiger partial charge in [0.15, 0.2) is 0 Å². The highest BCUT2D eigenvalue weighted by molar-refractivity contribution is 5.89. The molecule has 0 amide bonds. The van der Waals surface area contributed by atoms with Gasteiger partial charge in [0.25, 0.3) is 0 Å². The van der Waals surface area contributed by atoms with Crippen LogP contribution < -0.4 is 0 Å². The number of aliphatic hydroxyl groups excluding tert-OH is 1. The molecule has 0 aromatic carbocycles. The summed E-state index contributed by atoms with van der Waals surface area (Å²) in [5.41, 5.74) is 0.373. The van der Waals surface area contributed by atoms with Crippen molar-refractivity contribution in [3.05, 3.63) is 11.6 Å². The third kappa shape index (κ3) is 5.91. The predicted octanol–water partition coefficient (Wildman–Crippen LogP) is 2.83. The summed E-state index contributed by atoms with van der Waals surface area (Å²) in [6.07, 6.45) is 5.79. The van der Waals surface area contributed by atoms with Gasteiger partial charge in [0, 0.05) is 0 Å². The van der Waals surface area contributed by atoms with E-state index < -0.39 is 6.10 Å². The Bertz CT molecular complexity index is 221. The first-order valence-electron chi connectivity index (χ1n) is 6.18. The molecule has 0 bridgehead atoms. The molecule has 0 saturated carbocycles. The molecule has 1 N–H and O–H groups in total. The normalized spacial score (nSPS) is 13.6. The number of hydrogen-bond donors (Lipinski definition) is 1. The summed E-state index contributed by atoms with van der Waals surface area (Å²) in [5.74, 6) is -0.381. The fourth-order valence-corrected chi connectivity index (χ4v) is 1.44. The van der Waals surface area contributed by atoms with E-state index in [1.54, 1.807) is 13.0 Å². The zero-order valence-electron chi connectivity index (χ0n) is 10.7. The molecule has 0 spiro atoms. The minimum Gasteiger partial charge on any atom is -0.462 e. The molecule has 0 radical (unpaired) electrons. The molecule has 1 unspecified atom stereocenters. The van der Waals surface area contributed by atoms with Crippen LogP contribution in [0.25, 0.3) is 0 Å². The number of carbonyl (C=O) groups excluding carboxylic acids is 1.